The molecule has 0 amide bonds. The number of fused-ring (bicyclic) bond motifs is 2. The van der Waals surface area contributed by atoms with Gasteiger partial charge in [0.2, 0.25) is 0 Å². The molecule has 1 aromatic heterocycles. The highest BCUT2D eigenvalue weighted by Crippen LogP contribution is 2.69. The van der Waals surface area contributed by atoms with Gasteiger partial charge in [-0.1, -0.05) is 31.2 Å². The molecule has 184 valence electrons. The Morgan fingerprint density at radius 2 is 1.77 bits per heavy atom. The third-order valence-corrected chi connectivity index (χ3v) is 10.0. The SMILES string of the molecule is C[C@]12CC=C3C=C4C(O)C(O)[C@@H](O)C(O)[C@]45CCC3(O5)[C@@H]1C[C@@H](O)[C@@H]2c1ccc2ccncc2c1. The van der Waals surface area contributed by atoms with E-state index in [0.717, 1.165) is 28.3 Å². The lowest BCUT2D eigenvalue weighted by Gasteiger charge is -2.56. The molecule has 2 aliphatic heterocycles. The Labute approximate surface area is 203 Å². The Morgan fingerprint density at radius 1 is 0.971 bits per heavy atom. The zero-order valence-electron chi connectivity index (χ0n) is 19.6. The van der Waals surface area contributed by atoms with Crippen LogP contribution >= 0.6 is 0 Å². The number of allylic oxidation sites excluding steroid dienone is 1. The lowest BCUT2D eigenvalue weighted by molar-refractivity contribution is -0.227. The first-order chi connectivity index (χ1) is 16.7. The van der Waals surface area contributed by atoms with E-state index < -0.39 is 41.7 Å². The minimum atomic E-state index is -1.49. The first-order valence-corrected chi connectivity index (χ1v) is 12.6. The van der Waals surface area contributed by atoms with Crippen molar-refractivity contribution in [2.24, 2.45) is 11.3 Å². The molecule has 7 nitrogen and oxygen atoms in total. The molecule has 2 saturated carbocycles. The van der Waals surface area contributed by atoms with Crippen molar-refractivity contribution in [1.82, 2.24) is 4.98 Å². The summed E-state index contributed by atoms with van der Waals surface area (Å²) < 4.78 is 6.82. The predicted molar refractivity (Wildman–Crippen MR) is 127 cm³/mol. The van der Waals surface area contributed by atoms with E-state index in [4.69, 9.17) is 4.74 Å². The summed E-state index contributed by atoms with van der Waals surface area (Å²) in [6.07, 6.45) is 3.88. The Kier molecular flexibility index (Phi) is 4.42. The molecule has 2 bridgehead atoms. The maximum absolute atomic E-state index is 11.5. The number of aromatic nitrogens is 1. The molecule has 2 spiro atoms. The fraction of sp³-hybridized carbons (Fsp3) is 0.536. The van der Waals surface area contributed by atoms with Crippen LogP contribution in [0.25, 0.3) is 10.8 Å². The quantitative estimate of drug-likeness (QED) is 0.424. The molecule has 3 heterocycles. The fourth-order valence-corrected chi connectivity index (χ4v) is 8.37. The third-order valence-electron chi connectivity index (χ3n) is 10.0. The van der Waals surface area contributed by atoms with Crippen LogP contribution in [0.15, 0.2) is 60.0 Å². The molecule has 2 aromatic rings. The highest BCUT2D eigenvalue weighted by Gasteiger charge is 2.71. The largest absolute Gasteiger partial charge is 0.392 e. The van der Waals surface area contributed by atoms with Crippen LogP contribution in [0.2, 0.25) is 0 Å². The summed E-state index contributed by atoms with van der Waals surface area (Å²) in [6, 6.07) is 8.31. The van der Waals surface area contributed by atoms with Crippen molar-refractivity contribution in [2.75, 3.05) is 0 Å². The number of benzene rings is 1. The molecular formula is C28H31NO6. The fourth-order valence-electron chi connectivity index (χ4n) is 8.37. The molecule has 4 unspecified atom stereocenters. The number of pyridine rings is 1. The van der Waals surface area contributed by atoms with Gasteiger partial charge in [0.25, 0.3) is 0 Å². The van der Waals surface area contributed by atoms with Crippen LogP contribution < -0.4 is 0 Å². The maximum atomic E-state index is 11.5. The van der Waals surface area contributed by atoms with Gasteiger partial charge in [-0.05, 0) is 65.3 Å². The van der Waals surface area contributed by atoms with Crippen LogP contribution in [0.4, 0.5) is 0 Å². The molecule has 3 fully saturated rings. The monoisotopic (exact) mass is 477 g/mol. The third kappa shape index (κ3) is 2.59. The van der Waals surface area contributed by atoms with Gasteiger partial charge in [-0.2, -0.15) is 0 Å². The molecule has 0 radical (unpaired) electrons. The van der Waals surface area contributed by atoms with Gasteiger partial charge in [0, 0.05) is 29.6 Å². The zero-order chi connectivity index (χ0) is 24.3. The van der Waals surface area contributed by atoms with Gasteiger partial charge in [-0.25, -0.2) is 0 Å². The van der Waals surface area contributed by atoms with E-state index >= 15 is 0 Å². The minimum Gasteiger partial charge on any atom is -0.392 e. The molecule has 3 aliphatic carbocycles. The Hall–Kier alpha value is -2.13. The molecule has 10 atom stereocenters. The number of hydrogen-bond donors (Lipinski definition) is 5. The van der Waals surface area contributed by atoms with Crippen molar-refractivity contribution in [1.29, 1.82) is 0 Å². The molecule has 5 N–H and O–H groups in total. The lowest BCUT2D eigenvalue weighted by atomic mass is 9.58. The van der Waals surface area contributed by atoms with Crippen LogP contribution in [-0.4, -0.2) is 72.2 Å². The van der Waals surface area contributed by atoms with E-state index in [1.165, 1.54) is 0 Å². The molecule has 35 heavy (non-hydrogen) atoms. The van der Waals surface area contributed by atoms with Gasteiger partial charge in [0.05, 0.1) is 11.7 Å². The van der Waals surface area contributed by atoms with E-state index in [1.807, 2.05) is 18.3 Å². The van der Waals surface area contributed by atoms with Crippen LogP contribution in [0.3, 0.4) is 0 Å². The summed E-state index contributed by atoms with van der Waals surface area (Å²) in [5.74, 6) is -0.103. The molecule has 1 aromatic carbocycles. The van der Waals surface area contributed by atoms with E-state index in [9.17, 15) is 25.5 Å². The number of rotatable bonds is 1. The minimum absolute atomic E-state index is 0.00916. The highest BCUT2D eigenvalue weighted by atomic mass is 16.6. The van der Waals surface area contributed by atoms with Crippen LogP contribution in [-0.2, 0) is 4.74 Å². The first kappa shape index (κ1) is 22.1. The van der Waals surface area contributed by atoms with E-state index in [1.54, 1.807) is 6.20 Å². The summed E-state index contributed by atoms with van der Waals surface area (Å²) in [5.41, 5.74) is 0.254. The zero-order valence-corrected chi connectivity index (χ0v) is 19.6. The van der Waals surface area contributed by atoms with Gasteiger partial charge in [-0.15, -0.1) is 0 Å². The second-order valence-electron chi connectivity index (χ2n) is 11.5. The molecule has 5 aliphatic rings. The molecule has 1 saturated heterocycles. The molecule has 7 heteroatoms. The van der Waals surface area contributed by atoms with Crippen LogP contribution in [0.1, 0.15) is 44.1 Å². The number of aliphatic hydroxyl groups is 5. The van der Waals surface area contributed by atoms with Crippen molar-refractivity contribution in [3.05, 3.63) is 65.5 Å². The summed E-state index contributed by atoms with van der Waals surface area (Å²) in [6.45, 7) is 2.23. The summed E-state index contributed by atoms with van der Waals surface area (Å²) >= 11 is 0. The first-order valence-electron chi connectivity index (χ1n) is 12.6. The van der Waals surface area contributed by atoms with Crippen molar-refractivity contribution in [3.8, 4) is 0 Å². The smallest absolute Gasteiger partial charge is 0.122 e. The van der Waals surface area contributed by atoms with Gasteiger partial charge in [0.1, 0.15) is 30.0 Å². The Morgan fingerprint density at radius 3 is 2.60 bits per heavy atom. The Balaban J connectivity index is 1.34. The van der Waals surface area contributed by atoms with Crippen LogP contribution in [0, 0.1) is 11.3 Å². The topological polar surface area (TPSA) is 123 Å². The molecular weight excluding hydrogens is 446 g/mol. The average Bonchev–Trinajstić information content (AvgIpc) is 3.34. The lowest BCUT2D eigenvalue weighted by Crippen LogP contribution is -2.66. The number of aliphatic hydroxyl groups excluding tert-OH is 5. The van der Waals surface area contributed by atoms with Crippen molar-refractivity contribution in [2.45, 2.75) is 80.2 Å². The molecule has 7 rings (SSSR count). The average molecular weight is 478 g/mol. The van der Waals surface area contributed by atoms with E-state index in [-0.39, 0.29) is 17.3 Å². The van der Waals surface area contributed by atoms with Gasteiger partial charge < -0.3 is 30.3 Å². The number of hydrogen-bond acceptors (Lipinski definition) is 7. The summed E-state index contributed by atoms with van der Waals surface area (Å²) in [4.78, 5) is 4.26. The second-order valence-corrected chi connectivity index (χ2v) is 11.5. The van der Waals surface area contributed by atoms with Gasteiger partial charge in [-0.3, -0.25) is 4.98 Å². The maximum Gasteiger partial charge on any atom is 0.122 e. The number of nitrogens with zero attached hydrogens (tertiary/aromatic N) is 1. The summed E-state index contributed by atoms with van der Waals surface area (Å²) in [5, 5.41) is 56.3. The van der Waals surface area contributed by atoms with Crippen LogP contribution in [0.5, 0.6) is 0 Å². The Bertz CT molecular complexity index is 1290. The van der Waals surface area contributed by atoms with E-state index in [0.29, 0.717) is 24.8 Å². The van der Waals surface area contributed by atoms with Gasteiger partial charge in [0.15, 0.2) is 0 Å². The van der Waals surface area contributed by atoms with Gasteiger partial charge >= 0.3 is 0 Å². The summed E-state index contributed by atoms with van der Waals surface area (Å²) in [7, 11) is 0. The van der Waals surface area contributed by atoms with Crippen molar-refractivity contribution >= 4 is 10.8 Å². The normalized spacial score (nSPS) is 48.1. The highest BCUT2D eigenvalue weighted by molar-refractivity contribution is 5.82. The standard InChI is InChI=1S/C28H31NO6/c1-26-6-4-17-11-18-22(31)23(32)24(33)25(34)28(18)8-7-27(17,35-28)20(26)12-19(30)21(26)15-3-2-14-5-9-29-13-16(14)10-15/h2-5,9-11,13,19-25,30-34H,6-8,12H2,1H3/t19-,20-,21+,22?,23?,24-,25?,26+,27?,28+/m1/s1. The van der Waals surface area contributed by atoms with Crippen molar-refractivity contribution < 1.29 is 30.3 Å². The second kappa shape index (κ2) is 7.00. The van der Waals surface area contributed by atoms with E-state index in [2.05, 4.69) is 36.2 Å². The number of ether oxygens (including phenoxy) is 1. The predicted octanol–water partition coefficient (Wildman–Crippen LogP) is 1.72. The van der Waals surface area contributed by atoms with Crippen molar-refractivity contribution in [3.63, 3.8) is 0 Å².